The SMILES string of the molecule is COC1C(O)[C@@H](n2ccc(=O)[nH]c2=O)O[C@H]1CO. The summed E-state index contributed by atoms with van der Waals surface area (Å²) in [6.07, 6.45) is -2.36. The number of rotatable bonds is 3. The van der Waals surface area contributed by atoms with E-state index in [0.29, 0.717) is 0 Å². The van der Waals surface area contributed by atoms with E-state index < -0.39 is 35.8 Å². The molecule has 100 valence electrons. The maximum absolute atomic E-state index is 11.6. The number of aliphatic hydroxyl groups excluding tert-OH is 2. The minimum absolute atomic E-state index is 0.343. The number of nitrogens with zero attached hydrogens (tertiary/aromatic N) is 1. The lowest BCUT2D eigenvalue weighted by Gasteiger charge is -2.17. The summed E-state index contributed by atoms with van der Waals surface area (Å²) in [5.41, 5.74) is -1.23. The first-order valence-electron chi connectivity index (χ1n) is 5.37. The Hall–Kier alpha value is -1.48. The van der Waals surface area contributed by atoms with Crippen molar-refractivity contribution in [2.45, 2.75) is 24.5 Å². The Balaban J connectivity index is 2.34. The summed E-state index contributed by atoms with van der Waals surface area (Å²) in [6, 6.07) is 1.14. The molecule has 0 aromatic carbocycles. The number of ether oxygens (including phenoxy) is 2. The molecular formula is C10H14N2O6. The Morgan fingerprint density at radius 3 is 2.78 bits per heavy atom. The van der Waals surface area contributed by atoms with Crippen molar-refractivity contribution >= 4 is 0 Å². The van der Waals surface area contributed by atoms with Gasteiger partial charge >= 0.3 is 5.69 Å². The third kappa shape index (κ3) is 2.10. The molecule has 1 aromatic heterocycles. The van der Waals surface area contributed by atoms with Crippen molar-refractivity contribution in [3.05, 3.63) is 33.1 Å². The third-order valence-corrected chi connectivity index (χ3v) is 2.89. The Morgan fingerprint density at radius 1 is 1.56 bits per heavy atom. The summed E-state index contributed by atoms with van der Waals surface area (Å²) in [7, 11) is 1.37. The largest absolute Gasteiger partial charge is 0.394 e. The van der Waals surface area contributed by atoms with E-state index in [0.717, 1.165) is 10.6 Å². The lowest BCUT2D eigenvalue weighted by Crippen LogP contribution is -2.38. The monoisotopic (exact) mass is 258 g/mol. The maximum Gasteiger partial charge on any atom is 0.330 e. The van der Waals surface area contributed by atoms with Gasteiger partial charge in [-0.1, -0.05) is 0 Å². The van der Waals surface area contributed by atoms with Crippen LogP contribution in [0.2, 0.25) is 0 Å². The smallest absolute Gasteiger partial charge is 0.330 e. The second-order valence-electron chi connectivity index (χ2n) is 3.96. The van der Waals surface area contributed by atoms with E-state index in [9.17, 15) is 14.7 Å². The molecular weight excluding hydrogens is 244 g/mol. The Kier molecular flexibility index (Phi) is 3.62. The van der Waals surface area contributed by atoms with E-state index >= 15 is 0 Å². The predicted molar refractivity (Wildman–Crippen MR) is 59.1 cm³/mol. The lowest BCUT2D eigenvalue weighted by molar-refractivity contribution is -0.0569. The van der Waals surface area contributed by atoms with E-state index in [2.05, 4.69) is 4.98 Å². The standard InChI is InChI=1S/C10H14N2O6/c1-17-8-5(4-13)18-9(7(8)15)12-3-2-6(14)11-10(12)16/h2-3,5,7-9,13,15H,4H2,1H3,(H,11,14,16)/t5-,7?,8?,9-/m0/s1. The Labute approximate surface area is 101 Å². The van der Waals surface area contributed by atoms with Crippen LogP contribution in [0.25, 0.3) is 0 Å². The summed E-state index contributed by atoms with van der Waals surface area (Å²) in [6.45, 7) is -0.343. The molecule has 18 heavy (non-hydrogen) atoms. The molecule has 4 atom stereocenters. The molecule has 2 rings (SSSR count). The summed E-state index contributed by atoms with van der Waals surface area (Å²) in [5.74, 6) is 0. The fraction of sp³-hybridized carbons (Fsp3) is 0.600. The van der Waals surface area contributed by atoms with Crippen molar-refractivity contribution in [3.8, 4) is 0 Å². The molecule has 8 heteroatoms. The van der Waals surface area contributed by atoms with Gasteiger partial charge in [-0.05, 0) is 0 Å². The molecule has 1 saturated heterocycles. The van der Waals surface area contributed by atoms with Crippen molar-refractivity contribution in [1.82, 2.24) is 9.55 Å². The van der Waals surface area contributed by atoms with Gasteiger partial charge in [0.1, 0.15) is 18.3 Å². The minimum atomic E-state index is -1.12. The van der Waals surface area contributed by atoms with Crippen LogP contribution in [0.4, 0.5) is 0 Å². The van der Waals surface area contributed by atoms with Gasteiger partial charge in [-0.15, -0.1) is 0 Å². The van der Waals surface area contributed by atoms with Crippen molar-refractivity contribution in [2.75, 3.05) is 13.7 Å². The van der Waals surface area contributed by atoms with Crippen molar-refractivity contribution < 1.29 is 19.7 Å². The van der Waals surface area contributed by atoms with Crippen LogP contribution in [0.5, 0.6) is 0 Å². The van der Waals surface area contributed by atoms with E-state index in [-0.39, 0.29) is 6.61 Å². The number of methoxy groups -OCH3 is 1. The fourth-order valence-electron chi connectivity index (χ4n) is 2.02. The second-order valence-corrected chi connectivity index (χ2v) is 3.96. The van der Waals surface area contributed by atoms with Gasteiger partial charge in [0, 0.05) is 19.4 Å². The molecule has 3 N–H and O–H groups in total. The molecule has 8 nitrogen and oxygen atoms in total. The number of aromatic nitrogens is 2. The zero-order chi connectivity index (χ0) is 13.3. The highest BCUT2D eigenvalue weighted by Gasteiger charge is 2.44. The van der Waals surface area contributed by atoms with E-state index in [1.165, 1.54) is 13.3 Å². The van der Waals surface area contributed by atoms with Crippen LogP contribution in [0.3, 0.4) is 0 Å². The molecule has 0 saturated carbocycles. The zero-order valence-corrected chi connectivity index (χ0v) is 9.65. The average Bonchev–Trinajstić information content (AvgIpc) is 2.66. The number of hydrogen-bond acceptors (Lipinski definition) is 6. The Bertz CT molecular complexity index is 524. The van der Waals surface area contributed by atoms with Gasteiger partial charge in [0.2, 0.25) is 0 Å². The average molecular weight is 258 g/mol. The number of aromatic amines is 1. The number of aliphatic hydroxyl groups is 2. The van der Waals surface area contributed by atoms with Crippen LogP contribution >= 0.6 is 0 Å². The van der Waals surface area contributed by atoms with Crippen molar-refractivity contribution in [3.63, 3.8) is 0 Å². The minimum Gasteiger partial charge on any atom is -0.394 e. The molecule has 1 aromatic rings. The van der Waals surface area contributed by atoms with Gasteiger partial charge in [-0.3, -0.25) is 14.3 Å². The molecule has 1 aliphatic heterocycles. The fourth-order valence-corrected chi connectivity index (χ4v) is 2.02. The number of nitrogens with one attached hydrogen (secondary N) is 1. The van der Waals surface area contributed by atoms with Crippen LogP contribution in [0.1, 0.15) is 6.23 Å². The van der Waals surface area contributed by atoms with Crippen LogP contribution in [0.15, 0.2) is 21.9 Å². The highest BCUT2D eigenvalue weighted by atomic mass is 16.6. The van der Waals surface area contributed by atoms with Crippen molar-refractivity contribution in [1.29, 1.82) is 0 Å². The molecule has 0 spiro atoms. The Morgan fingerprint density at radius 2 is 2.28 bits per heavy atom. The number of H-pyrrole nitrogens is 1. The van der Waals surface area contributed by atoms with Gasteiger partial charge in [0.05, 0.1) is 6.61 Å². The molecule has 2 heterocycles. The van der Waals surface area contributed by atoms with Crippen LogP contribution < -0.4 is 11.2 Å². The van der Waals surface area contributed by atoms with Crippen LogP contribution in [0, 0.1) is 0 Å². The third-order valence-electron chi connectivity index (χ3n) is 2.89. The topological polar surface area (TPSA) is 114 Å². The molecule has 0 amide bonds. The molecule has 2 unspecified atom stereocenters. The van der Waals surface area contributed by atoms with Crippen LogP contribution in [-0.4, -0.2) is 51.8 Å². The van der Waals surface area contributed by atoms with Gasteiger partial charge in [-0.2, -0.15) is 0 Å². The first-order chi connectivity index (χ1) is 8.58. The van der Waals surface area contributed by atoms with E-state index in [1.807, 2.05) is 0 Å². The lowest BCUT2D eigenvalue weighted by atomic mass is 10.1. The molecule has 1 fully saturated rings. The molecule has 0 aliphatic carbocycles. The van der Waals surface area contributed by atoms with Gasteiger partial charge in [-0.25, -0.2) is 4.79 Å². The van der Waals surface area contributed by atoms with E-state index in [1.54, 1.807) is 0 Å². The molecule has 0 bridgehead atoms. The summed E-state index contributed by atoms with van der Waals surface area (Å²) in [4.78, 5) is 24.6. The maximum atomic E-state index is 11.6. The molecule has 1 aliphatic rings. The zero-order valence-electron chi connectivity index (χ0n) is 9.65. The predicted octanol–water partition coefficient (Wildman–Crippen LogP) is -2.20. The van der Waals surface area contributed by atoms with Gasteiger partial charge in [0.15, 0.2) is 6.23 Å². The summed E-state index contributed by atoms with van der Waals surface area (Å²) in [5, 5.41) is 19.1. The van der Waals surface area contributed by atoms with Crippen LogP contribution in [-0.2, 0) is 9.47 Å². The van der Waals surface area contributed by atoms with E-state index in [4.69, 9.17) is 14.6 Å². The first kappa shape index (κ1) is 13.0. The van der Waals surface area contributed by atoms with Gasteiger partial charge in [0.25, 0.3) is 5.56 Å². The highest BCUT2D eigenvalue weighted by molar-refractivity contribution is 4.93. The molecule has 0 radical (unpaired) electrons. The summed E-state index contributed by atoms with van der Waals surface area (Å²) >= 11 is 0. The highest BCUT2D eigenvalue weighted by Crippen LogP contribution is 2.29. The quantitative estimate of drug-likeness (QED) is 0.567. The van der Waals surface area contributed by atoms with Gasteiger partial charge < -0.3 is 19.7 Å². The summed E-state index contributed by atoms with van der Waals surface area (Å²) < 4.78 is 11.4. The second kappa shape index (κ2) is 5.02. The first-order valence-corrected chi connectivity index (χ1v) is 5.37. The number of hydrogen-bond donors (Lipinski definition) is 3. The normalized spacial score (nSPS) is 31.7. The van der Waals surface area contributed by atoms with Crippen molar-refractivity contribution in [2.24, 2.45) is 0 Å².